The third-order valence-electron chi connectivity index (χ3n) is 4.16. The zero-order valence-electron chi connectivity index (χ0n) is 13.5. The van der Waals surface area contributed by atoms with E-state index in [4.69, 9.17) is 5.26 Å². The van der Waals surface area contributed by atoms with Gasteiger partial charge in [0, 0.05) is 12.4 Å². The van der Waals surface area contributed by atoms with E-state index in [0.717, 1.165) is 27.9 Å². The molecule has 0 bridgehead atoms. The van der Waals surface area contributed by atoms with Crippen molar-refractivity contribution in [3.05, 3.63) is 96.8 Å². The highest BCUT2D eigenvalue weighted by atomic mass is 15.3. The smallest absolute Gasteiger partial charge is 0.0991 e. The predicted octanol–water partition coefficient (Wildman–Crippen LogP) is 5.08. The van der Waals surface area contributed by atoms with Gasteiger partial charge in [0.2, 0.25) is 0 Å². The molecule has 0 aliphatic carbocycles. The van der Waals surface area contributed by atoms with Crippen molar-refractivity contribution >= 4 is 0 Å². The average molecular weight is 321 g/mol. The molecule has 4 rings (SSSR count). The Morgan fingerprint density at radius 3 is 2.04 bits per heavy atom. The van der Waals surface area contributed by atoms with Crippen LogP contribution >= 0.6 is 0 Å². The molecular weight excluding hydrogens is 306 g/mol. The van der Waals surface area contributed by atoms with Gasteiger partial charge in [-0.25, -0.2) is 4.68 Å². The summed E-state index contributed by atoms with van der Waals surface area (Å²) in [7, 11) is 0. The normalized spacial score (nSPS) is 10.4. The van der Waals surface area contributed by atoms with Crippen LogP contribution in [0.25, 0.3) is 27.9 Å². The summed E-state index contributed by atoms with van der Waals surface area (Å²) in [6.07, 6.45) is 3.71. The summed E-state index contributed by atoms with van der Waals surface area (Å²) in [4.78, 5) is 0. The average Bonchev–Trinajstić information content (AvgIpc) is 3.23. The van der Waals surface area contributed by atoms with Crippen LogP contribution in [0.1, 0.15) is 5.56 Å². The van der Waals surface area contributed by atoms with E-state index < -0.39 is 0 Å². The maximum Gasteiger partial charge on any atom is 0.0991 e. The summed E-state index contributed by atoms with van der Waals surface area (Å²) in [6.45, 7) is 0. The van der Waals surface area contributed by atoms with Crippen LogP contribution in [0.5, 0.6) is 0 Å². The molecule has 3 heteroatoms. The second-order valence-corrected chi connectivity index (χ2v) is 5.77. The number of aromatic nitrogens is 2. The monoisotopic (exact) mass is 321 g/mol. The van der Waals surface area contributed by atoms with Crippen LogP contribution in [0.3, 0.4) is 0 Å². The lowest BCUT2D eigenvalue weighted by atomic mass is 9.99. The molecule has 0 aliphatic heterocycles. The number of benzene rings is 3. The molecule has 0 unspecified atom stereocenters. The molecule has 4 aromatic rings. The van der Waals surface area contributed by atoms with Gasteiger partial charge in [-0.05, 0) is 52.6 Å². The Hall–Kier alpha value is -3.64. The minimum atomic E-state index is 0.675. The molecule has 0 radical (unpaired) electrons. The zero-order chi connectivity index (χ0) is 17.1. The molecule has 0 aliphatic rings. The quantitative estimate of drug-likeness (QED) is 0.528. The fraction of sp³-hybridized carbons (Fsp3) is 0. The van der Waals surface area contributed by atoms with Crippen LogP contribution in [0.2, 0.25) is 0 Å². The maximum absolute atomic E-state index is 9.05. The lowest BCUT2D eigenvalue weighted by Crippen LogP contribution is -1.93. The van der Waals surface area contributed by atoms with E-state index in [1.807, 2.05) is 53.3 Å². The maximum atomic E-state index is 9.05. The van der Waals surface area contributed by atoms with Gasteiger partial charge >= 0.3 is 0 Å². The molecule has 0 spiro atoms. The second kappa shape index (κ2) is 6.46. The Morgan fingerprint density at radius 2 is 1.40 bits per heavy atom. The van der Waals surface area contributed by atoms with E-state index in [1.54, 1.807) is 6.20 Å². The SMILES string of the molecule is N#Cc1cccc(-c2ccc(-c3cccc(-n4cccn4)c3)cc2)c1. The molecule has 1 aromatic heterocycles. The van der Waals surface area contributed by atoms with Crippen LogP contribution in [0.15, 0.2) is 91.3 Å². The standard InChI is InChI=1S/C22H15N3/c23-16-17-4-1-5-20(14-17)18-8-10-19(11-9-18)21-6-2-7-22(15-21)25-13-3-12-24-25/h1-15H. The van der Waals surface area contributed by atoms with Crippen molar-refractivity contribution in [1.82, 2.24) is 9.78 Å². The van der Waals surface area contributed by atoms with Gasteiger partial charge in [-0.1, -0.05) is 48.5 Å². The first-order valence-electron chi connectivity index (χ1n) is 8.04. The number of hydrogen-bond acceptors (Lipinski definition) is 2. The molecule has 118 valence electrons. The summed E-state index contributed by atoms with van der Waals surface area (Å²) in [5, 5.41) is 13.3. The van der Waals surface area contributed by atoms with E-state index in [0.29, 0.717) is 5.56 Å². The summed E-state index contributed by atoms with van der Waals surface area (Å²) in [6, 6.07) is 28.5. The van der Waals surface area contributed by atoms with Gasteiger partial charge in [0.05, 0.1) is 17.3 Å². The van der Waals surface area contributed by atoms with Gasteiger partial charge in [0.25, 0.3) is 0 Å². The molecule has 25 heavy (non-hydrogen) atoms. The number of nitriles is 1. The topological polar surface area (TPSA) is 41.6 Å². The minimum absolute atomic E-state index is 0.675. The van der Waals surface area contributed by atoms with E-state index in [-0.39, 0.29) is 0 Å². The highest BCUT2D eigenvalue weighted by molar-refractivity contribution is 5.72. The van der Waals surface area contributed by atoms with E-state index in [1.165, 1.54) is 0 Å². The first-order chi connectivity index (χ1) is 12.3. The van der Waals surface area contributed by atoms with Gasteiger partial charge in [-0.2, -0.15) is 10.4 Å². The Labute approximate surface area is 146 Å². The van der Waals surface area contributed by atoms with Crippen molar-refractivity contribution < 1.29 is 0 Å². The Bertz CT molecular complexity index is 1040. The minimum Gasteiger partial charge on any atom is -0.241 e. The van der Waals surface area contributed by atoms with Crippen molar-refractivity contribution in [2.24, 2.45) is 0 Å². The highest BCUT2D eigenvalue weighted by Gasteiger charge is 2.03. The number of rotatable bonds is 3. The third kappa shape index (κ3) is 3.06. The van der Waals surface area contributed by atoms with Gasteiger partial charge in [0.1, 0.15) is 0 Å². The molecule has 0 N–H and O–H groups in total. The second-order valence-electron chi connectivity index (χ2n) is 5.77. The molecule has 0 fully saturated rings. The first kappa shape index (κ1) is 14.9. The van der Waals surface area contributed by atoms with Crippen molar-refractivity contribution in [2.45, 2.75) is 0 Å². The highest BCUT2D eigenvalue weighted by Crippen LogP contribution is 2.26. The fourth-order valence-corrected chi connectivity index (χ4v) is 2.87. The Morgan fingerprint density at radius 1 is 0.720 bits per heavy atom. The van der Waals surface area contributed by atoms with Gasteiger partial charge in [-0.15, -0.1) is 0 Å². The summed E-state index contributed by atoms with van der Waals surface area (Å²) < 4.78 is 1.85. The van der Waals surface area contributed by atoms with E-state index in [9.17, 15) is 0 Å². The molecule has 0 saturated heterocycles. The zero-order valence-corrected chi connectivity index (χ0v) is 13.5. The number of nitrogens with zero attached hydrogens (tertiary/aromatic N) is 3. The lowest BCUT2D eigenvalue weighted by molar-refractivity contribution is 0.881. The van der Waals surface area contributed by atoms with Crippen LogP contribution in [0, 0.1) is 11.3 Å². The summed E-state index contributed by atoms with van der Waals surface area (Å²) in [5.41, 5.74) is 6.15. The van der Waals surface area contributed by atoms with E-state index in [2.05, 4.69) is 47.6 Å². The van der Waals surface area contributed by atoms with Crippen molar-refractivity contribution in [3.8, 4) is 34.0 Å². The molecule has 0 amide bonds. The molecule has 1 heterocycles. The summed E-state index contributed by atoms with van der Waals surface area (Å²) in [5.74, 6) is 0. The largest absolute Gasteiger partial charge is 0.241 e. The van der Waals surface area contributed by atoms with Crippen LogP contribution in [-0.2, 0) is 0 Å². The number of hydrogen-bond donors (Lipinski definition) is 0. The van der Waals surface area contributed by atoms with E-state index >= 15 is 0 Å². The predicted molar refractivity (Wildman–Crippen MR) is 99.2 cm³/mol. The molecule has 3 nitrogen and oxygen atoms in total. The lowest BCUT2D eigenvalue weighted by Gasteiger charge is -2.07. The molecule has 3 aromatic carbocycles. The Kier molecular flexibility index (Phi) is 3.86. The van der Waals surface area contributed by atoms with Gasteiger partial charge in [-0.3, -0.25) is 0 Å². The van der Waals surface area contributed by atoms with Crippen molar-refractivity contribution in [2.75, 3.05) is 0 Å². The third-order valence-corrected chi connectivity index (χ3v) is 4.16. The van der Waals surface area contributed by atoms with Crippen LogP contribution < -0.4 is 0 Å². The molecule has 0 atom stereocenters. The molecule has 0 saturated carbocycles. The van der Waals surface area contributed by atoms with Crippen LogP contribution in [0.4, 0.5) is 0 Å². The van der Waals surface area contributed by atoms with Crippen molar-refractivity contribution in [3.63, 3.8) is 0 Å². The molecular formula is C22H15N3. The summed E-state index contributed by atoms with van der Waals surface area (Å²) >= 11 is 0. The van der Waals surface area contributed by atoms with Gasteiger partial charge in [0.15, 0.2) is 0 Å². The first-order valence-corrected chi connectivity index (χ1v) is 8.04. The fourth-order valence-electron chi connectivity index (χ4n) is 2.87. The van der Waals surface area contributed by atoms with Crippen LogP contribution in [-0.4, -0.2) is 9.78 Å². The van der Waals surface area contributed by atoms with Crippen molar-refractivity contribution in [1.29, 1.82) is 5.26 Å². The van der Waals surface area contributed by atoms with Gasteiger partial charge < -0.3 is 0 Å². The Balaban J connectivity index is 1.67.